The Morgan fingerprint density at radius 3 is 2.50 bits per heavy atom. The summed E-state index contributed by atoms with van der Waals surface area (Å²) in [5, 5.41) is 1.50. The second-order valence-corrected chi connectivity index (χ2v) is 10.3. The van der Waals surface area contributed by atoms with E-state index in [0.29, 0.717) is 11.3 Å². The number of carbonyl (C=O) groups excluding carboxylic acids is 1. The monoisotopic (exact) mass is 232 g/mol. The Hall–Kier alpha value is -0.893. The second-order valence-electron chi connectivity index (χ2n) is 5.42. The number of Topliss-reactive ketones (excluding diaryl/α,β-unsaturated/α-hetero) is 1. The zero-order chi connectivity index (χ0) is 11.6. The predicted molar refractivity (Wildman–Crippen MR) is 70.8 cm³/mol. The average Bonchev–Trinajstić information content (AvgIpc) is 2.30. The first kappa shape index (κ1) is 11.6. The van der Waals surface area contributed by atoms with Crippen molar-refractivity contribution in [3.05, 3.63) is 30.3 Å². The van der Waals surface area contributed by atoms with Crippen molar-refractivity contribution in [1.82, 2.24) is 0 Å². The highest BCUT2D eigenvalue weighted by molar-refractivity contribution is 6.91. The molecule has 1 nitrogen and oxygen atoms in total. The summed E-state index contributed by atoms with van der Waals surface area (Å²) >= 11 is 0. The zero-order valence-electron chi connectivity index (χ0n) is 10.2. The molecule has 0 spiro atoms. The average molecular weight is 232 g/mol. The Kier molecular flexibility index (Phi) is 3.29. The minimum Gasteiger partial charge on any atom is -0.300 e. The molecule has 1 aliphatic carbocycles. The van der Waals surface area contributed by atoms with Crippen LogP contribution in [0.2, 0.25) is 18.6 Å². The van der Waals surface area contributed by atoms with E-state index in [1.54, 1.807) is 0 Å². The number of rotatable bonds is 2. The molecule has 1 aromatic carbocycles. The molecule has 0 bridgehead atoms. The van der Waals surface area contributed by atoms with Gasteiger partial charge in [-0.3, -0.25) is 4.79 Å². The lowest BCUT2D eigenvalue weighted by Crippen LogP contribution is -2.47. The number of hydrogen-bond acceptors (Lipinski definition) is 1. The van der Waals surface area contributed by atoms with Crippen LogP contribution in [0.25, 0.3) is 0 Å². The van der Waals surface area contributed by atoms with Gasteiger partial charge in [-0.05, 0) is 12.0 Å². The van der Waals surface area contributed by atoms with Crippen LogP contribution in [0.3, 0.4) is 0 Å². The van der Waals surface area contributed by atoms with Crippen molar-refractivity contribution in [3.63, 3.8) is 0 Å². The van der Waals surface area contributed by atoms with Crippen molar-refractivity contribution in [2.45, 2.75) is 44.3 Å². The third-order valence-corrected chi connectivity index (χ3v) is 8.38. The summed E-state index contributed by atoms with van der Waals surface area (Å²) < 4.78 is 0. The molecule has 0 amide bonds. The summed E-state index contributed by atoms with van der Waals surface area (Å²) in [6.07, 6.45) is 4.00. The Morgan fingerprint density at radius 1 is 1.19 bits per heavy atom. The summed E-state index contributed by atoms with van der Waals surface area (Å²) in [4.78, 5) is 11.6. The van der Waals surface area contributed by atoms with Crippen LogP contribution in [0, 0.1) is 0 Å². The fourth-order valence-corrected chi connectivity index (χ4v) is 5.93. The molecule has 1 saturated carbocycles. The molecule has 1 aliphatic rings. The quantitative estimate of drug-likeness (QED) is 0.716. The lowest BCUT2D eigenvalue weighted by molar-refractivity contribution is -0.120. The van der Waals surface area contributed by atoms with E-state index in [1.165, 1.54) is 11.6 Å². The van der Waals surface area contributed by atoms with Gasteiger partial charge in [0.1, 0.15) is 5.78 Å². The molecule has 2 rings (SSSR count). The van der Waals surface area contributed by atoms with E-state index < -0.39 is 8.07 Å². The van der Waals surface area contributed by atoms with Gasteiger partial charge in [-0.25, -0.2) is 0 Å². The Morgan fingerprint density at radius 2 is 1.88 bits per heavy atom. The molecule has 16 heavy (non-hydrogen) atoms. The van der Waals surface area contributed by atoms with Crippen LogP contribution >= 0.6 is 0 Å². The number of hydrogen-bond donors (Lipinski definition) is 0. The van der Waals surface area contributed by atoms with E-state index in [9.17, 15) is 4.79 Å². The minimum absolute atomic E-state index is 0.479. The van der Waals surface area contributed by atoms with Crippen LogP contribution in [0.5, 0.6) is 0 Å². The van der Waals surface area contributed by atoms with Gasteiger partial charge in [-0.1, -0.05) is 55.0 Å². The van der Waals surface area contributed by atoms with Crippen LogP contribution in [0.15, 0.2) is 30.3 Å². The highest BCUT2D eigenvalue weighted by atomic mass is 28.3. The van der Waals surface area contributed by atoms with Gasteiger partial charge in [0.05, 0.1) is 8.07 Å². The maximum atomic E-state index is 11.6. The smallest absolute Gasteiger partial charge is 0.132 e. The number of ketones is 1. The Bertz CT molecular complexity index is 370. The van der Waals surface area contributed by atoms with Crippen molar-refractivity contribution < 1.29 is 4.79 Å². The van der Waals surface area contributed by atoms with Crippen LogP contribution in [-0.2, 0) is 4.79 Å². The first-order chi connectivity index (χ1) is 7.60. The third kappa shape index (κ3) is 2.27. The van der Waals surface area contributed by atoms with E-state index in [1.807, 2.05) is 0 Å². The van der Waals surface area contributed by atoms with E-state index >= 15 is 0 Å². The molecular formula is C14H20OSi. The molecule has 0 heterocycles. The largest absolute Gasteiger partial charge is 0.300 e. The molecule has 1 atom stereocenters. The van der Waals surface area contributed by atoms with Crippen LogP contribution in [0.4, 0.5) is 0 Å². The molecule has 0 aromatic heterocycles. The van der Waals surface area contributed by atoms with Crippen molar-refractivity contribution in [3.8, 4) is 0 Å². The van der Waals surface area contributed by atoms with Crippen molar-refractivity contribution in [1.29, 1.82) is 0 Å². The lowest BCUT2D eigenvalue weighted by Gasteiger charge is -2.35. The molecule has 0 aliphatic heterocycles. The minimum atomic E-state index is -1.44. The Balaban J connectivity index is 2.21. The molecule has 1 aromatic rings. The van der Waals surface area contributed by atoms with Gasteiger partial charge in [0.2, 0.25) is 0 Å². The maximum Gasteiger partial charge on any atom is 0.132 e. The second kappa shape index (κ2) is 4.54. The zero-order valence-corrected chi connectivity index (χ0v) is 11.2. The van der Waals surface area contributed by atoms with Gasteiger partial charge in [-0.2, -0.15) is 0 Å². The standard InChI is InChI=1S/C14H20OSi/c1-16(2,13-8-4-3-5-9-13)14-10-6-7-12(15)11-14/h3-5,8-9,14H,6-7,10-11H2,1-2H3. The van der Waals surface area contributed by atoms with Crippen LogP contribution in [0.1, 0.15) is 25.7 Å². The molecule has 86 valence electrons. The summed E-state index contributed by atoms with van der Waals surface area (Å²) in [7, 11) is -1.44. The molecular weight excluding hydrogens is 212 g/mol. The van der Waals surface area contributed by atoms with Gasteiger partial charge < -0.3 is 0 Å². The molecule has 1 unspecified atom stereocenters. The van der Waals surface area contributed by atoms with Gasteiger partial charge in [-0.15, -0.1) is 0 Å². The van der Waals surface area contributed by atoms with E-state index in [2.05, 4.69) is 43.4 Å². The number of carbonyl (C=O) groups is 1. The van der Waals surface area contributed by atoms with Crippen LogP contribution < -0.4 is 5.19 Å². The topological polar surface area (TPSA) is 17.1 Å². The fraction of sp³-hybridized carbons (Fsp3) is 0.500. The first-order valence-electron chi connectivity index (χ1n) is 6.18. The summed E-state index contributed by atoms with van der Waals surface area (Å²) in [5.74, 6) is 0.479. The molecule has 0 N–H and O–H groups in total. The first-order valence-corrected chi connectivity index (χ1v) is 9.25. The molecule has 2 heteroatoms. The van der Waals surface area contributed by atoms with Crippen molar-refractivity contribution >= 4 is 19.0 Å². The predicted octanol–water partition coefficient (Wildman–Crippen LogP) is 3.12. The summed E-state index contributed by atoms with van der Waals surface area (Å²) in [6.45, 7) is 4.82. The summed E-state index contributed by atoms with van der Waals surface area (Å²) in [6, 6.07) is 10.8. The van der Waals surface area contributed by atoms with Crippen LogP contribution in [-0.4, -0.2) is 13.9 Å². The Labute approximate surface area is 98.9 Å². The molecule has 0 radical (unpaired) electrons. The van der Waals surface area contributed by atoms with E-state index in [4.69, 9.17) is 0 Å². The SMILES string of the molecule is C[Si](C)(c1ccccc1)C1CCCC(=O)C1. The van der Waals surface area contributed by atoms with Gasteiger partial charge in [0, 0.05) is 12.8 Å². The number of benzene rings is 1. The molecule has 0 saturated heterocycles. The highest BCUT2D eigenvalue weighted by Crippen LogP contribution is 2.35. The highest BCUT2D eigenvalue weighted by Gasteiger charge is 2.36. The van der Waals surface area contributed by atoms with Crippen molar-refractivity contribution in [2.24, 2.45) is 0 Å². The van der Waals surface area contributed by atoms with Gasteiger partial charge >= 0.3 is 0 Å². The van der Waals surface area contributed by atoms with Crippen molar-refractivity contribution in [2.75, 3.05) is 0 Å². The van der Waals surface area contributed by atoms with E-state index in [-0.39, 0.29) is 0 Å². The van der Waals surface area contributed by atoms with E-state index in [0.717, 1.165) is 19.3 Å². The lowest BCUT2D eigenvalue weighted by atomic mass is 9.99. The maximum absolute atomic E-state index is 11.6. The van der Waals surface area contributed by atoms with Gasteiger partial charge in [0.25, 0.3) is 0 Å². The molecule has 1 fully saturated rings. The normalized spacial score (nSPS) is 22.1. The van der Waals surface area contributed by atoms with Gasteiger partial charge in [0.15, 0.2) is 0 Å². The fourth-order valence-electron chi connectivity index (χ4n) is 2.74. The third-order valence-electron chi connectivity index (χ3n) is 4.02. The summed E-state index contributed by atoms with van der Waals surface area (Å²) in [5.41, 5.74) is 0.649.